The van der Waals surface area contributed by atoms with Gasteiger partial charge >= 0.3 is 0 Å². The van der Waals surface area contributed by atoms with Gasteiger partial charge in [0.15, 0.2) is 0 Å². The van der Waals surface area contributed by atoms with Gasteiger partial charge in [-0.2, -0.15) is 5.26 Å². The Kier molecular flexibility index (Phi) is 3.44. The minimum absolute atomic E-state index is 0.514. The average Bonchev–Trinajstić information content (AvgIpc) is 3.08. The van der Waals surface area contributed by atoms with Crippen LogP contribution in [-0.2, 0) is 13.0 Å². The fourth-order valence-corrected chi connectivity index (χ4v) is 2.43. The molecule has 100 valence electrons. The van der Waals surface area contributed by atoms with Gasteiger partial charge in [-0.1, -0.05) is 0 Å². The number of imidazole rings is 1. The van der Waals surface area contributed by atoms with Crippen molar-refractivity contribution in [3.63, 3.8) is 0 Å². The first-order valence-corrected chi connectivity index (χ1v) is 6.81. The van der Waals surface area contributed by atoms with E-state index in [1.807, 2.05) is 18.2 Å². The third-order valence-electron chi connectivity index (χ3n) is 3.20. The van der Waals surface area contributed by atoms with Gasteiger partial charge in [-0.15, -0.1) is 11.6 Å². The maximum Gasteiger partial charge on any atom is 0.111 e. The minimum Gasteiger partial charge on any atom is -0.472 e. The number of nitrogens with zero attached hydrogens (tertiary/aromatic N) is 3. The number of alkyl halides is 1. The standard InChI is InChI=1S/C15H12ClN3O/c16-5-3-15-18-13-2-1-11(8-17)7-14(13)19(15)9-12-4-6-20-10-12/h1-2,4,6-7,10H,3,5,9H2. The maximum atomic E-state index is 9.04. The highest BCUT2D eigenvalue weighted by molar-refractivity contribution is 6.17. The lowest BCUT2D eigenvalue weighted by Gasteiger charge is -2.06. The van der Waals surface area contributed by atoms with Crippen molar-refractivity contribution in [3.05, 3.63) is 53.7 Å². The SMILES string of the molecule is N#Cc1ccc2nc(CCCl)n(Cc3ccoc3)c2c1. The van der Waals surface area contributed by atoms with E-state index in [0.717, 1.165) is 22.4 Å². The van der Waals surface area contributed by atoms with Crippen molar-refractivity contribution < 1.29 is 4.42 Å². The Balaban J connectivity index is 2.14. The summed E-state index contributed by atoms with van der Waals surface area (Å²) < 4.78 is 7.19. The van der Waals surface area contributed by atoms with Gasteiger partial charge in [-0.05, 0) is 24.3 Å². The van der Waals surface area contributed by atoms with Gasteiger partial charge in [0, 0.05) is 17.9 Å². The van der Waals surface area contributed by atoms with Crippen LogP contribution in [-0.4, -0.2) is 15.4 Å². The molecule has 20 heavy (non-hydrogen) atoms. The Morgan fingerprint density at radius 2 is 2.25 bits per heavy atom. The van der Waals surface area contributed by atoms with Crippen LogP contribution in [0.4, 0.5) is 0 Å². The maximum absolute atomic E-state index is 9.04. The summed E-state index contributed by atoms with van der Waals surface area (Å²) in [6.07, 6.45) is 4.05. The van der Waals surface area contributed by atoms with E-state index in [2.05, 4.69) is 15.6 Å². The van der Waals surface area contributed by atoms with Crippen molar-refractivity contribution in [2.45, 2.75) is 13.0 Å². The van der Waals surface area contributed by atoms with E-state index in [0.29, 0.717) is 24.4 Å². The third-order valence-corrected chi connectivity index (χ3v) is 3.38. The quantitative estimate of drug-likeness (QED) is 0.691. The number of halogens is 1. The molecule has 0 saturated heterocycles. The highest BCUT2D eigenvalue weighted by atomic mass is 35.5. The minimum atomic E-state index is 0.514. The van der Waals surface area contributed by atoms with Crippen LogP contribution < -0.4 is 0 Å². The lowest BCUT2D eigenvalue weighted by molar-refractivity contribution is 0.562. The van der Waals surface area contributed by atoms with Crippen LogP contribution in [0.3, 0.4) is 0 Å². The van der Waals surface area contributed by atoms with E-state index in [9.17, 15) is 0 Å². The van der Waals surface area contributed by atoms with Gasteiger partial charge in [0.2, 0.25) is 0 Å². The van der Waals surface area contributed by atoms with Crippen LogP contribution in [0, 0.1) is 11.3 Å². The molecule has 0 amide bonds. The highest BCUT2D eigenvalue weighted by Gasteiger charge is 2.12. The summed E-state index contributed by atoms with van der Waals surface area (Å²) in [6.45, 7) is 0.661. The van der Waals surface area contributed by atoms with Crippen LogP contribution in [0.5, 0.6) is 0 Å². The van der Waals surface area contributed by atoms with Gasteiger partial charge in [0.25, 0.3) is 0 Å². The monoisotopic (exact) mass is 285 g/mol. The Bertz CT molecular complexity index is 768. The third kappa shape index (κ3) is 2.28. The summed E-state index contributed by atoms with van der Waals surface area (Å²) >= 11 is 5.85. The molecule has 0 saturated carbocycles. The summed E-state index contributed by atoms with van der Waals surface area (Å²) in [5.74, 6) is 1.44. The van der Waals surface area contributed by atoms with E-state index in [4.69, 9.17) is 21.3 Å². The highest BCUT2D eigenvalue weighted by Crippen LogP contribution is 2.20. The molecular formula is C15H12ClN3O. The van der Waals surface area contributed by atoms with E-state index < -0.39 is 0 Å². The second-order valence-electron chi connectivity index (χ2n) is 4.50. The van der Waals surface area contributed by atoms with Crippen molar-refractivity contribution in [3.8, 4) is 6.07 Å². The lowest BCUT2D eigenvalue weighted by atomic mass is 10.2. The molecule has 2 aromatic heterocycles. The van der Waals surface area contributed by atoms with Crippen molar-refractivity contribution in [2.24, 2.45) is 0 Å². The molecule has 0 fully saturated rings. The van der Waals surface area contributed by atoms with E-state index in [1.165, 1.54) is 0 Å². The van der Waals surface area contributed by atoms with Crippen molar-refractivity contribution in [2.75, 3.05) is 5.88 Å². The molecule has 0 N–H and O–H groups in total. The van der Waals surface area contributed by atoms with Crippen LogP contribution in [0.2, 0.25) is 0 Å². The van der Waals surface area contributed by atoms with E-state index in [1.54, 1.807) is 18.6 Å². The number of rotatable bonds is 4. The summed E-state index contributed by atoms with van der Waals surface area (Å²) in [6, 6.07) is 9.60. The Labute approximate surface area is 121 Å². The van der Waals surface area contributed by atoms with Crippen molar-refractivity contribution in [1.29, 1.82) is 5.26 Å². The molecule has 0 aliphatic carbocycles. The molecule has 0 aliphatic rings. The molecule has 0 radical (unpaired) electrons. The van der Waals surface area contributed by atoms with Crippen LogP contribution in [0.1, 0.15) is 17.0 Å². The van der Waals surface area contributed by atoms with Crippen molar-refractivity contribution in [1.82, 2.24) is 9.55 Å². The molecule has 0 bridgehead atoms. The second-order valence-corrected chi connectivity index (χ2v) is 4.88. The Morgan fingerprint density at radius 3 is 2.95 bits per heavy atom. The van der Waals surface area contributed by atoms with Crippen LogP contribution in [0.15, 0.2) is 41.2 Å². The summed E-state index contributed by atoms with van der Waals surface area (Å²) in [5.41, 5.74) is 3.52. The first-order valence-electron chi connectivity index (χ1n) is 6.28. The fourth-order valence-electron chi connectivity index (χ4n) is 2.26. The Morgan fingerprint density at radius 1 is 1.35 bits per heavy atom. The normalized spacial score (nSPS) is 10.8. The molecule has 3 rings (SSSR count). The number of aromatic nitrogens is 2. The molecule has 1 aromatic carbocycles. The van der Waals surface area contributed by atoms with Gasteiger partial charge in [-0.25, -0.2) is 4.98 Å². The number of fused-ring (bicyclic) bond motifs is 1. The topological polar surface area (TPSA) is 54.8 Å². The molecule has 4 nitrogen and oxygen atoms in total. The number of furan rings is 1. The second kappa shape index (κ2) is 5.40. The zero-order valence-corrected chi connectivity index (χ0v) is 11.5. The molecule has 3 aromatic rings. The smallest absolute Gasteiger partial charge is 0.111 e. The number of hydrogen-bond donors (Lipinski definition) is 0. The molecule has 0 atom stereocenters. The Hall–Kier alpha value is -2.25. The zero-order valence-electron chi connectivity index (χ0n) is 10.7. The zero-order chi connectivity index (χ0) is 13.9. The van der Waals surface area contributed by atoms with Gasteiger partial charge in [0.1, 0.15) is 5.82 Å². The molecule has 0 aliphatic heterocycles. The van der Waals surface area contributed by atoms with E-state index in [-0.39, 0.29) is 0 Å². The fraction of sp³-hybridized carbons (Fsp3) is 0.200. The molecule has 2 heterocycles. The largest absolute Gasteiger partial charge is 0.472 e. The number of benzene rings is 1. The van der Waals surface area contributed by atoms with Crippen LogP contribution >= 0.6 is 11.6 Å². The van der Waals surface area contributed by atoms with E-state index >= 15 is 0 Å². The van der Waals surface area contributed by atoms with Gasteiger partial charge < -0.3 is 8.98 Å². The number of nitriles is 1. The summed E-state index contributed by atoms with van der Waals surface area (Å²) in [7, 11) is 0. The first-order chi connectivity index (χ1) is 9.81. The molecule has 5 heteroatoms. The number of hydrogen-bond acceptors (Lipinski definition) is 3. The molecule has 0 spiro atoms. The predicted octanol–water partition coefficient (Wildman–Crippen LogP) is 3.33. The van der Waals surface area contributed by atoms with Gasteiger partial charge in [-0.3, -0.25) is 0 Å². The van der Waals surface area contributed by atoms with Gasteiger partial charge in [0.05, 0.1) is 41.7 Å². The lowest BCUT2D eigenvalue weighted by Crippen LogP contribution is -2.05. The predicted molar refractivity (Wildman–Crippen MR) is 76.7 cm³/mol. The van der Waals surface area contributed by atoms with Crippen molar-refractivity contribution >= 4 is 22.6 Å². The summed E-state index contributed by atoms with van der Waals surface area (Å²) in [5, 5.41) is 9.04. The molecular weight excluding hydrogens is 274 g/mol. The summed E-state index contributed by atoms with van der Waals surface area (Å²) in [4.78, 5) is 4.60. The van der Waals surface area contributed by atoms with Crippen LogP contribution in [0.25, 0.3) is 11.0 Å². The molecule has 0 unspecified atom stereocenters. The first kappa shape index (κ1) is 12.8. The average molecular weight is 286 g/mol. The number of aryl methyl sites for hydroxylation is 1.